The number of piperazine rings is 1. The largest absolute Gasteiger partial charge is 0.340 e. The van der Waals surface area contributed by atoms with Gasteiger partial charge in [-0.05, 0) is 25.0 Å². The molecule has 0 aromatic heterocycles. The van der Waals surface area contributed by atoms with Crippen LogP contribution < -0.4 is 0 Å². The zero-order valence-electron chi connectivity index (χ0n) is 14.4. The van der Waals surface area contributed by atoms with E-state index in [0.717, 1.165) is 50.5 Å². The van der Waals surface area contributed by atoms with Crippen molar-refractivity contribution in [3.05, 3.63) is 30.3 Å². The second kappa shape index (κ2) is 8.77. The monoisotopic (exact) mass is 348 g/mol. The number of hydrogen-bond acceptors (Lipinski definition) is 3. The molecule has 132 valence electrons. The summed E-state index contributed by atoms with van der Waals surface area (Å²) in [6.07, 6.45) is 5.86. The predicted octanol–water partition coefficient (Wildman–Crippen LogP) is 2.52. The molecule has 4 nitrogen and oxygen atoms in total. The highest BCUT2D eigenvalue weighted by atomic mass is 32.2. The molecule has 24 heavy (non-hydrogen) atoms. The molecule has 1 saturated carbocycles. The minimum atomic E-state index is -0.929. The topological polar surface area (TPSA) is 40.6 Å². The van der Waals surface area contributed by atoms with E-state index in [4.69, 9.17) is 0 Å². The maximum atomic E-state index is 12.6. The van der Waals surface area contributed by atoms with Crippen LogP contribution in [0.3, 0.4) is 0 Å². The lowest BCUT2D eigenvalue weighted by atomic mass is 9.88. The van der Waals surface area contributed by atoms with Crippen molar-refractivity contribution in [2.24, 2.45) is 5.92 Å². The molecule has 0 spiro atoms. The van der Waals surface area contributed by atoms with Crippen LogP contribution in [0.15, 0.2) is 35.2 Å². The van der Waals surface area contributed by atoms with Gasteiger partial charge in [0.1, 0.15) is 0 Å². The summed E-state index contributed by atoms with van der Waals surface area (Å²) in [5, 5.41) is 0. The molecule has 1 unspecified atom stereocenters. The van der Waals surface area contributed by atoms with Crippen molar-refractivity contribution in [1.82, 2.24) is 9.80 Å². The zero-order chi connectivity index (χ0) is 16.8. The fourth-order valence-electron chi connectivity index (χ4n) is 3.70. The molecule has 3 rings (SSSR count). The molecule has 5 heteroatoms. The lowest BCUT2D eigenvalue weighted by molar-refractivity contribution is -0.138. The van der Waals surface area contributed by atoms with Crippen LogP contribution in [0.2, 0.25) is 0 Å². The van der Waals surface area contributed by atoms with E-state index in [2.05, 4.69) is 9.80 Å². The van der Waals surface area contributed by atoms with Crippen molar-refractivity contribution >= 4 is 16.7 Å². The first-order valence-electron chi connectivity index (χ1n) is 9.18. The highest BCUT2D eigenvalue weighted by Crippen LogP contribution is 2.25. The van der Waals surface area contributed by atoms with Crippen molar-refractivity contribution in [2.45, 2.75) is 37.0 Å². The fraction of sp³-hybridized carbons (Fsp3) is 0.632. The Balaban J connectivity index is 1.40. The molecule has 2 aliphatic rings. The molecule has 1 aromatic rings. The molecule has 1 amide bonds. The Labute approximate surface area is 147 Å². The SMILES string of the molecule is O=C(C1CCCCC1)N1CCN(CCS(=O)c2ccccc2)CC1. The molecule has 1 heterocycles. The van der Waals surface area contributed by atoms with Crippen LogP contribution in [0.1, 0.15) is 32.1 Å². The summed E-state index contributed by atoms with van der Waals surface area (Å²) in [4.78, 5) is 17.9. The van der Waals surface area contributed by atoms with E-state index in [9.17, 15) is 9.00 Å². The van der Waals surface area contributed by atoms with Crippen LogP contribution in [0, 0.1) is 5.92 Å². The first-order valence-corrected chi connectivity index (χ1v) is 10.5. The molecule has 2 fully saturated rings. The highest BCUT2D eigenvalue weighted by molar-refractivity contribution is 7.85. The summed E-state index contributed by atoms with van der Waals surface area (Å²) in [5.74, 6) is 1.32. The third-order valence-corrected chi connectivity index (χ3v) is 6.59. The molecular formula is C19H28N2O2S. The number of carbonyl (C=O) groups is 1. The van der Waals surface area contributed by atoms with Gasteiger partial charge < -0.3 is 4.90 Å². The number of rotatable bonds is 5. The third-order valence-electron chi connectivity index (χ3n) is 5.24. The molecule has 0 bridgehead atoms. The highest BCUT2D eigenvalue weighted by Gasteiger charge is 2.28. The summed E-state index contributed by atoms with van der Waals surface area (Å²) in [6, 6.07) is 9.67. The van der Waals surface area contributed by atoms with E-state index in [0.29, 0.717) is 11.7 Å². The number of carbonyl (C=O) groups excluding carboxylic acids is 1. The minimum Gasteiger partial charge on any atom is -0.340 e. The summed E-state index contributed by atoms with van der Waals surface area (Å²) < 4.78 is 12.3. The van der Waals surface area contributed by atoms with Gasteiger partial charge in [0.15, 0.2) is 0 Å². The van der Waals surface area contributed by atoms with Gasteiger partial charge >= 0.3 is 0 Å². The molecule has 1 aliphatic carbocycles. The van der Waals surface area contributed by atoms with Gasteiger partial charge in [0.05, 0.1) is 10.8 Å². The third kappa shape index (κ3) is 4.67. The van der Waals surface area contributed by atoms with Gasteiger partial charge in [0.2, 0.25) is 5.91 Å². The quantitative estimate of drug-likeness (QED) is 0.821. The minimum absolute atomic E-state index is 0.274. The molecule has 1 atom stereocenters. The van der Waals surface area contributed by atoms with Gasteiger partial charge in [-0.15, -0.1) is 0 Å². The molecule has 0 radical (unpaired) electrons. The van der Waals surface area contributed by atoms with Crippen LogP contribution in [-0.4, -0.2) is 58.4 Å². The van der Waals surface area contributed by atoms with E-state index < -0.39 is 10.8 Å². The lowest BCUT2D eigenvalue weighted by Gasteiger charge is -2.37. The van der Waals surface area contributed by atoms with E-state index in [1.165, 1.54) is 19.3 Å². The summed E-state index contributed by atoms with van der Waals surface area (Å²) in [5.41, 5.74) is 0. The maximum Gasteiger partial charge on any atom is 0.225 e. The number of benzene rings is 1. The maximum absolute atomic E-state index is 12.6. The van der Waals surface area contributed by atoms with Gasteiger partial charge in [0.25, 0.3) is 0 Å². The molecule has 1 aromatic carbocycles. The van der Waals surface area contributed by atoms with Crippen molar-refractivity contribution in [2.75, 3.05) is 38.5 Å². The van der Waals surface area contributed by atoms with Gasteiger partial charge in [-0.2, -0.15) is 0 Å². The van der Waals surface area contributed by atoms with E-state index in [1.807, 2.05) is 30.3 Å². The normalized spacial score (nSPS) is 21.6. The van der Waals surface area contributed by atoms with Crippen LogP contribution in [-0.2, 0) is 15.6 Å². The Bertz CT molecular complexity index is 550. The van der Waals surface area contributed by atoms with E-state index in [-0.39, 0.29) is 5.92 Å². The summed E-state index contributed by atoms with van der Waals surface area (Å²) in [6.45, 7) is 4.31. The van der Waals surface area contributed by atoms with Crippen molar-refractivity contribution < 1.29 is 9.00 Å². The predicted molar refractivity (Wildman–Crippen MR) is 97.3 cm³/mol. The smallest absolute Gasteiger partial charge is 0.225 e. The number of hydrogen-bond donors (Lipinski definition) is 0. The first kappa shape index (κ1) is 17.6. The molecule has 1 saturated heterocycles. The molecule has 0 N–H and O–H groups in total. The second-order valence-corrected chi connectivity index (χ2v) is 8.44. The Morgan fingerprint density at radius 1 is 1.00 bits per heavy atom. The first-order chi connectivity index (χ1) is 11.7. The Hall–Kier alpha value is -1.20. The molecule has 1 aliphatic heterocycles. The zero-order valence-corrected chi connectivity index (χ0v) is 15.2. The van der Waals surface area contributed by atoms with Gasteiger partial charge in [-0.3, -0.25) is 13.9 Å². The average molecular weight is 349 g/mol. The van der Waals surface area contributed by atoms with Gasteiger partial charge in [-0.25, -0.2) is 0 Å². The average Bonchev–Trinajstić information content (AvgIpc) is 2.67. The van der Waals surface area contributed by atoms with Crippen molar-refractivity contribution in [1.29, 1.82) is 0 Å². The van der Waals surface area contributed by atoms with Crippen LogP contribution >= 0.6 is 0 Å². The Morgan fingerprint density at radius 3 is 2.33 bits per heavy atom. The lowest BCUT2D eigenvalue weighted by Crippen LogP contribution is -2.51. The van der Waals surface area contributed by atoms with Crippen molar-refractivity contribution in [3.63, 3.8) is 0 Å². The van der Waals surface area contributed by atoms with Gasteiger partial charge in [0, 0.05) is 49.3 Å². The van der Waals surface area contributed by atoms with E-state index >= 15 is 0 Å². The Kier molecular flexibility index (Phi) is 6.44. The Morgan fingerprint density at radius 2 is 1.67 bits per heavy atom. The fourth-order valence-corrected chi connectivity index (χ4v) is 4.82. The van der Waals surface area contributed by atoms with Crippen molar-refractivity contribution in [3.8, 4) is 0 Å². The second-order valence-electron chi connectivity index (χ2n) is 6.86. The van der Waals surface area contributed by atoms with Crippen LogP contribution in [0.5, 0.6) is 0 Å². The number of amides is 1. The van der Waals surface area contributed by atoms with Crippen LogP contribution in [0.4, 0.5) is 0 Å². The number of nitrogens with zero attached hydrogens (tertiary/aromatic N) is 2. The van der Waals surface area contributed by atoms with Crippen LogP contribution in [0.25, 0.3) is 0 Å². The standard InChI is InChI=1S/C19H28N2O2S/c22-19(17-7-3-1-4-8-17)21-13-11-20(12-14-21)15-16-24(23)18-9-5-2-6-10-18/h2,5-6,9-10,17H,1,3-4,7-8,11-16H2. The molecular weight excluding hydrogens is 320 g/mol. The van der Waals surface area contributed by atoms with Gasteiger partial charge in [-0.1, -0.05) is 37.5 Å². The summed E-state index contributed by atoms with van der Waals surface area (Å²) in [7, 11) is -0.929. The van der Waals surface area contributed by atoms with E-state index in [1.54, 1.807) is 0 Å². The summed E-state index contributed by atoms with van der Waals surface area (Å²) >= 11 is 0.